The Morgan fingerprint density at radius 3 is 2.88 bits per heavy atom. The smallest absolute Gasteiger partial charge is 0.223 e. The molecule has 3 unspecified atom stereocenters. The maximum atomic E-state index is 6.08. The van der Waals surface area contributed by atoms with Crippen molar-refractivity contribution >= 4 is 0 Å². The van der Waals surface area contributed by atoms with Crippen molar-refractivity contribution < 1.29 is 4.52 Å². The van der Waals surface area contributed by atoms with E-state index < -0.39 is 0 Å². The third-order valence-corrected chi connectivity index (χ3v) is 3.95. The van der Waals surface area contributed by atoms with E-state index in [1.807, 2.05) is 6.92 Å². The minimum atomic E-state index is 0.341. The summed E-state index contributed by atoms with van der Waals surface area (Å²) in [7, 11) is 0. The summed E-state index contributed by atoms with van der Waals surface area (Å²) in [6.07, 6.45) is 1.93. The molecule has 1 fully saturated rings. The molecule has 17 heavy (non-hydrogen) atoms. The number of nitrogens with zero attached hydrogens (tertiary/aromatic N) is 3. The normalized spacial score (nSPS) is 30.7. The van der Waals surface area contributed by atoms with Crippen LogP contribution in [0.1, 0.15) is 32.0 Å². The number of likely N-dealkylation sites (tertiary alicyclic amines) is 1. The molecule has 3 atom stereocenters. The highest BCUT2D eigenvalue weighted by molar-refractivity contribution is 4.90. The lowest BCUT2D eigenvalue weighted by atomic mass is 9.87. The van der Waals surface area contributed by atoms with Gasteiger partial charge in [-0.15, -0.1) is 0 Å². The molecule has 0 aliphatic carbocycles. The largest absolute Gasteiger partial charge is 0.340 e. The third-order valence-electron chi connectivity index (χ3n) is 3.95. The van der Waals surface area contributed by atoms with Crippen LogP contribution in [0.5, 0.6) is 0 Å². The van der Waals surface area contributed by atoms with Crippen molar-refractivity contribution in [1.29, 1.82) is 0 Å². The summed E-state index contributed by atoms with van der Waals surface area (Å²) in [6, 6.07) is 0.875. The van der Waals surface area contributed by atoms with E-state index in [0.29, 0.717) is 23.9 Å². The molecule has 1 aromatic heterocycles. The summed E-state index contributed by atoms with van der Waals surface area (Å²) >= 11 is 0. The van der Waals surface area contributed by atoms with Crippen molar-refractivity contribution in [2.75, 3.05) is 13.1 Å². The second kappa shape index (κ2) is 5.14. The van der Waals surface area contributed by atoms with Crippen LogP contribution in [0.3, 0.4) is 0 Å². The van der Waals surface area contributed by atoms with Crippen LogP contribution in [0.15, 0.2) is 4.52 Å². The molecule has 0 saturated carbocycles. The molecule has 5 heteroatoms. The Balaban J connectivity index is 1.87. The summed E-state index contributed by atoms with van der Waals surface area (Å²) in [5, 5.41) is 3.92. The Labute approximate surface area is 102 Å². The van der Waals surface area contributed by atoms with E-state index in [-0.39, 0.29) is 0 Å². The zero-order chi connectivity index (χ0) is 12.4. The molecule has 5 nitrogen and oxygen atoms in total. The van der Waals surface area contributed by atoms with E-state index in [9.17, 15) is 0 Å². The molecule has 96 valence electrons. The van der Waals surface area contributed by atoms with Crippen LogP contribution in [0.2, 0.25) is 0 Å². The van der Waals surface area contributed by atoms with Gasteiger partial charge in [0.1, 0.15) is 0 Å². The molecular formula is C12H22N4O. The van der Waals surface area contributed by atoms with Crippen molar-refractivity contribution in [3.63, 3.8) is 0 Å². The summed E-state index contributed by atoms with van der Waals surface area (Å²) in [5.74, 6) is 2.00. The van der Waals surface area contributed by atoms with Crippen LogP contribution in [0, 0.1) is 12.8 Å². The average Bonchev–Trinajstić information content (AvgIpc) is 2.71. The maximum absolute atomic E-state index is 6.08. The lowest BCUT2D eigenvalue weighted by Gasteiger charge is -2.41. The standard InChI is InChI=1S/C12H22N4O/c1-8-9(2)16(6-4-11(8)13)7-5-12-14-10(3)17-15-12/h8-9,11H,4-7,13H2,1-3H3. The number of piperidine rings is 1. The van der Waals surface area contributed by atoms with Gasteiger partial charge in [-0.1, -0.05) is 12.1 Å². The van der Waals surface area contributed by atoms with Crippen LogP contribution < -0.4 is 5.73 Å². The van der Waals surface area contributed by atoms with Gasteiger partial charge in [0.25, 0.3) is 0 Å². The number of hydrogen-bond acceptors (Lipinski definition) is 5. The predicted octanol–water partition coefficient (Wildman–Crippen LogP) is 0.978. The second-order valence-corrected chi connectivity index (χ2v) is 5.07. The Hall–Kier alpha value is -0.940. The van der Waals surface area contributed by atoms with Crippen LogP contribution in [-0.4, -0.2) is 40.2 Å². The molecular weight excluding hydrogens is 216 g/mol. The molecule has 2 N–H and O–H groups in total. The molecule has 2 heterocycles. The molecule has 1 aromatic rings. The molecule has 0 spiro atoms. The van der Waals surface area contributed by atoms with Gasteiger partial charge in [-0.05, 0) is 25.8 Å². The fourth-order valence-electron chi connectivity index (χ4n) is 2.47. The molecule has 1 aliphatic heterocycles. The maximum Gasteiger partial charge on any atom is 0.223 e. The van der Waals surface area contributed by atoms with Gasteiger partial charge >= 0.3 is 0 Å². The number of nitrogens with two attached hydrogens (primary N) is 1. The zero-order valence-corrected chi connectivity index (χ0v) is 10.9. The molecule has 0 aromatic carbocycles. The van der Waals surface area contributed by atoms with Gasteiger partial charge in [-0.2, -0.15) is 4.98 Å². The molecule has 0 amide bonds. The van der Waals surface area contributed by atoms with Crippen molar-refractivity contribution in [2.45, 2.75) is 45.7 Å². The topological polar surface area (TPSA) is 68.2 Å². The molecule has 0 bridgehead atoms. The first-order valence-electron chi connectivity index (χ1n) is 6.36. The Kier molecular flexibility index (Phi) is 3.79. The number of hydrogen-bond donors (Lipinski definition) is 1. The van der Waals surface area contributed by atoms with Gasteiger partial charge in [0.2, 0.25) is 5.89 Å². The monoisotopic (exact) mass is 238 g/mol. The van der Waals surface area contributed by atoms with E-state index in [4.69, 9.17) is 10.3 Å². The van der Waals surface area contributed by atoms with Crippen molar-refractivity contribution in [3.8, 4) is 0 Å². The van der Waals surface area contributed by atoms with Crippen LogP contribution in [0.4, 0.5) is 0 Å². The van der Waals surface area contributed by atoms with Gasteiger partial charge in [0.15, 0.2) is 5.82 Å². The fraction of sp³-hybridized carbons (Fsp3) is 0.833. The summed E-state index contributed by atoms with van der Waals surface area (Å²) in [5.41, 5.74) is 6.08. The average molecular weight is 238 g/mol. The first-order valence-corrected chi connectivity index (χ1v) is 6.36. The highest BCUT2D eigenvalue weighted by Crippen LogP contribution is 2.22. The third kappa shape index (κ3) is 2.84. The van der Waals surface area contributed by atoms with Crippen molar-refractivity contribution in [3.05, 3.63) is 11.7 Å². The van der Waals surface area contributed by atoms with Gasteiger partial charge in [0.05, 0.1) is 0 Å². The van der Waals surface area contributed by atoms with Gasteiger partial charge in [-0.3, -0.25) is 4.90 Å². The van der Waals surface area contributed by atoms with Gasteiger partial charge in [-0.25, -0.2) is 0 Å². The summed E-state index contributed by atoms with van der Waals surface area (Å²) in [4.78, 5) is 6.70. The van der Waals surface area contributed by atoms with Gasteiger partial charge < -0.3 is 10.3 Å². The van der Waals surface area contributed by atoms with Crippen LogP contribution in [0.25, 0.3) is 0 Å². The Bertz CT molecular complexity index is 365. The number of aromatic nitrogens is 2. The number of rotatable bonds is 3. The second-order valence-electron chi connectivity index (χ2n) is 5.07. The molecule has 1 saturated heterocycles. The lowest BCUT2D eigenvalue weighted by Crippen LogP contribution is -2.52. The van der Waals surface area contributed by atoms with Gasteiger partial charge in [0, 0.05) is 32.0 Å². The van der Waals surface area contributed by atoms with Crippen LogP contribution in [-0.2, 0) is 6.42 Å². The Morgan fingerprint density at radius 1 is 1.47 bits per heavy atom. The minimum Gasteiger partial charge on any atom is -0.340 e. The predicted molar refractivity (Wildman–Crippen MR) is 65.5 cm³/mol. The van der Waals surface area contributed by atoms with E-state index >= 15 is 0 Å². The molecule has 0 radical (unpaired) electrons. The van der Waals surface area contributed by atoms with E-state index in [2.05, 4.69) is 28.9 Å². The Morgan fingerprint density at radius 2 is 2.24 bits per heavy atom. The highest BCUT2D eigenvalue weighted by Gasteiger charge is 2.29. The zero-order valence-electron chi connectivity index (χ0n) is 10.9. The van der Waals surface area contributed by atoms with E-state index in [1.54, 1.807) is 0 Å². The van der Waals surface area contributed by atoms with Crippen molar-refractivity contribution in [1.82, 2.24) is 15.0 Å². The summed E-state index contributed by atoms with van der Waals surface area (Å²) < 4.78 is 4.97. The first kappa shape index (κ1) is 12.5. The minimum absolute atomic E-state index is 0.341. The first-order chi connectivity index (χ1) is 8.08. The van der Waals surface area contributed by atoms with E-state index in [0.717, 1.165) is 31.8 Å². The van der Waals surface area contributed by atoms with Crippen molar-refractivity contribution in [2.24, 2.45) is 11.7 Å². The lowest BCUT2D eigenvalue weighted by molar-refractivity contribution is 0.0985. The van der Waals surface area contributed by atoms with E-state index in [1.165, 1.54) is 0 Å². The quantitative estimate of drug-likeness (QED) is 0.850. The summed E-state index contributed by atoms with van der Waals surface area (Å²) in [6.45, 7) is 8.37. The molecule has 1 aliphatic rings. The fourth-order valence-corrected chi connectivity index (χ4v) is 2.47. The number of aryl methyl sites for hydroxylation is 1. The SMILES string of the molecule is Cc1nc(CCN2CCC(N)C(C)C2C)no1. The highest BCUT2D eigenvalue weighted by atomic mass is 16.5. The van der Waals surface area contributed by atoms with Crippen LogP contribution >= 0.6 is 0 Å². The molecule has 2 rings (SSSR count).